The molecule has 0 aromatic carbocycles. The average molecular weight is 186 g/mol. The molecule has 1 atom stereocenters. The highest BCUT2D eigenvalue weighted by Crippen LogP contribution is 2.11. The van der Waals surface area contributed by atoms with E-state index in [0.717, 1.165) is 12.8 Å². The van der Waals surface area contributed by atoms with Gasteiger partial charge in [-0.25, -0.2) is 0 Å². The minimum absolute atomic E-state index is 0.0908. The molecule has 0 unspecified atom stereocenters. The van der Waals surface area contributed by atoms with Crippen molar-refractivity contribution in [1.82, 2.24) is 0 Å². The molecule has 0 aromatic rings. The van der Waals surface area contributed by atoms with E-state index in [1.165, 1.54) is 6.92 Å². The summed E-state index contributed by atoms with van der Waals surface area (Å²) in [6.45, 7) is 5.56. The van der Waals surface area contributed by atoms with Gasteiger partial charge in [0, 0.05) is 0 Å². The van der Waals surface area contributed by atoms with Gasteiger partial charge < -0.3 is 4.74 Å². The van der Waals surface area contributed by atoms with Crippen LogP contribution in [0.25, 0.3) is 0 Å². The molecular formula is C10H18O3. The van der Waals surface area contributed by atoms with Crippen LogP contribution in [-0.4, -0.2) is 18.4 Å². The number of carbonyl (C=O) groups excluding carboxylic acids is 2. The van der Waals surface area contributed by atoms with Crippen molar-refractivity contribution in [3.63, 3.8) is 0 Å². The molecule has 0 aliphatic heterocycles. The third-order valence-electron chi connectivity index (χ3n) is 1.91. The Labute approximate surface area is 79.5 Å². The Kier molecular flexibility index (Phi) is 6.20. The van der Waals surface area contributed by atoms with E-state index in [1.54, 1.807) is 6.92 Å². The highest BCUT2D eigenvalue weighted by atomic mass is 16.5. The Hall–Kier alpha value is -0.860. The number of ether oxygens (including phenoxy) is 1. The fraction of sp³-hybridized carbons (Fsp3) is 0.800. The molecule has 13 heavy (non-hydrogen) atoms. The van der Waals surface area contributed by atoms with E-state index in [2.05, 4.69) is 0 Å². The van der Waals surface area contributed by atoms with E-state index in [0.29, 0.717) is 13.0 Å². The van der Waals surface area contributed by atoms with Gasteiger partial charge in [0.25, 0.3) is 0 Å². The van der Waals surface area contributed by atoms with E-state index in [1.807, 2.05) is 6.92 Å². The molecule has 0 spiro atoms. The van der Waals surface area contributed by atoms with Crippen molar-refractivity contribution in [3.05, 3.63) is 0 Å². The molecule has 0 amide bonds. The zero-order valence-electron chi connectivity index (χ0n) is 8.63. The summed E-state index contributed by atoms with van der Waals surface area (Å²) < 4.78 is 4.80. The van der Waals surface area contributed by atoms with E-state index in [9.17, 15) is 9.59 Å². The van der Waals surface area contributed by atoms with E-state index in [4.69, 9.17) is 4.74 Å². The standard InChI is InChI=1S/C10H18O3/c1-4-6-7-9(8(3)11)10(12)13-5-2/h9H,4-7H2,1-3H3/t9-/m0/s1. The lowest BCUT2D eigenvalue weighted by atomic mass is 9.98. The summed E-state index contributed by atoms with van der Waals surface area (Å²) in [6.07, 6.45) is 2.50. The van der Waals surface area contributed by atoms with Gasteiger partial charge in [-0.1, -0.05) is 19.8 Å². The molecule has 0 rings (SSSR count). The van der Waals surface area contributed by atoms with Gasteiger partial charge in [0.1, 0.15) is 11.7 Å². The first-order chi connectivity index (χ1) is 6.13. The van der Waals surface area contributed by atoms with Crippen LogP contribution < -0.4 is 0 Å². The van der Waals surface area contributed by atoms with E-state index >= 15 is 0 Å². The van der Waals surface area contributed by atoms with Gasteiger partial charge >= 0.3 is 5.97 Å². The number of hydrogen-bond donors (Lipinski definition) is 0. The molecule has 0 N–H and O–H groups in total. The van der Waals surface area contributed by atoms with Crippen molar-refractivity contribution in [2.24, 2.45) is 5.92 Å². The van der Waals surface area contributed by atoms with Gasteiger partial charge in [-0.05, 0) is 20.3 Å². The maximum atomic E-state index is 11.2. The zero-order valence-corrected chi connectivity index (χ0v) is 8.63. The largest absolute Gasteiger partial charge is 0.465 e. The lowest BCUT2D eigenvalue weighted by Crippen LogP contribution is -2.24. The minimum Gasteiger partial charge on any atom is -0.465 e. The van der Waals surface area contributed by atoms with Gasteiger partial charge in [-0.3, -0.25) is 9.59 Å². The summed E-state index contributed by atoms with van der Waals surface area (Å²) in [7, 11) is 0. The minimum atomic E-state index is -0.542. The number of esters is 1. The average Bonchev–Trinajstić information content (AvgIpc) is 2.05. The summed E-state index contributed by atoms with van der Waals surface area (Å²) in [5.41, 5.74) is 0. The van der Waals surface area contributed by atoms with Gasteiger partial charge in [0.15, 0.2) is 0 Å². The van der Waals surface area contributed by atoms with Crippen molar-refractivity contribution in [2.45, 2.75) is 40.0 Å². The molecule has 3 nitrogen and oxygen atoms in total. The van der Waals surface area contributed by atoms with Crippen molar-refractivity contribution in [1.29, 1.82) is 0 Å². The third-order valence-corrected chi connectivity index (χ3v) is 1.91. The van der Waals surface area contributed by atoms with Crippen LogP contribution >= 0.6 is 0 Å². The zero-order chi connectivity index (χ0) is 10.3. The summed E-state index contributed by atoms with van der Waals surface area (Å²) in [6, 6.07) is 0. The number of rotatable bonds is 6. The van der Waals surface area contributed by atoms with Crippen molar-refractivity contribution >= 4 is 11.8 Å². The molecule has 76 valence electrons. The highest BCUT2D eigenvalue weighted by molar-refractivity contribution is 5.97. The maximum Gasteiger partial charge on any atom is 0.316 e. The summed E-state index contributed by atoms with van der Waals surface area (Å²) in [5.74, 6) is -1.00. The first-order valence-electron chi connectivity index (χ1n) is 4.80. The topological polar surface area (TPSA) is 43.4 Å². The smallest absolute Gasteiger partial charge is 0.316 e. The molecule has 0 aromatic heterocycles. The van der Waals surface area contributed by atoms with Crippen LogP contribution in [0.2, 0.25) is 0 Å². The fourth-order valence-corrected chi connectivity index (χ4v) is 1.14. The van der Waals surface area contributed by atoms with Crippen LogP contribution in [0.5, 0.6) is 0 Å². The number of carbonyl (C=O) groups is 2. The summed E-state index contributed by atoms with van der Waals surface area (Å²) >= 11 is 0. The maximum absolute atomic E-state index is 11.2. The quantitative estimate of drug-likeness (QED) is 0.470. The SMILES string of the molecule is CCCC[C@@H](C(C)=O)C(=O)OCC. The monoisotopic (exact) mass is 186 g/mol. The molecule has 0 aliphatic rings. The van der Waals surface area contributed by atoms with Crippen LogP contribution in [0, 0.1) is 5.92 Å². The van der Waals surface area contributed by atoms with Crippen LogP contribution in [0.4, 0.5) is 0 Å². The second-order valence-corrected chi connectivity index (χ2v) is 3.06. The van der Waals surface area contributed by atoms with Crippen LogP contribution in [0.1, 0.15) is 40.0 Å². The number of Topliss-reactive ketones (excluding diaryl/α,β-unsaturated/α-hetero) is 1. The molecule has 0 radical (unpaired) electrons. The fourth-order valence-electron chi connectivity index (χ4n) is 1.14. The Morgan fingerprint density at radius 3 is 2.31 bits per heavy atom. The molecule has 0 heterocycles. The van der Waals surface area contributed by atoms with Crippen molar-refractivity contribution < 1.29 is 14.3 Å². The second-order valence-electron chi connectivity index (χ2n) is 3.06. The van der Waals surface area contributed by atoms with Crippen molar-refractivity contribution in [2.75, 3.05) is 6.61 Å². The number of unbranched alkanes of at least 4 members (excludes halogenated alkanes) is 1. The van der Waals surface area contributed by atoms with Crippen LogP contribution in [0.3, 0.4) is 0 Å². The molecule has 0 aliphatic carbocycles. The number of ketones is 1. The summed E-state index contributed by atoms with van der Waals surface area (Å²) in [4.78, 5) is 22.3. The molecule has 0 saturated carbocycles. The number of hydrogen-bond acceptors (Lipinski definition) is 3. The molecule has 0 fully saturated rings. The Bertz CT molecular complexity index is 175. The van der Waals surface area contributed by atoms with Gasteiger partial charge in [-0.15, -0.1) is 0 Å². The Balaban J connectivity index is 4.07. The lowest BCUT2D eigenvalue weighted by molar-refractivity contribution is -0.151. The predicted octanol–water partition coefficient (Wildman–Crippen LogP) is 1.94. The molecule has 0 bridgehead atoms. The second kappa shape index (κ2) is 6.63. The van der Waals surface area contributed by atoms with Gasteiger partial charge in [0.2, 0.25) is 0 Å². The molecule has 0 saturated heterocycles. The third kappa shape index (κ3) is 4.65. The summed E-state index contributed by atoms with van der Waals surface area (Å²) in [5, 5.41) is 0. The van der Waals surface area contributed by atoms with Crippen LogP contribution in [-0.2, 0) is 14.3 Å². The first-order valence-corrected chi connectivity index (χ1v) is 4.80. The highest BCUT2D eigenvalue weighted by Gasteiger charge is 2.23. The van der Waals surface area contributed by atoms with Gasteiger partial charge in [0.05, 0.1) is 6.61 Å². The molecular weight excluding hydrogens is 168 g/mol. The lowest BCUT2D eigenvalue weighted by Gasteiger charge is -2.11. The Morgan fingerprint density at radius 2 is 1.92 bits per heavy atom. The van der Waals surface area contributed by atoms with Crippen molar-refractivity contribution in [3.8, 4) is 0 Å². The Morgan fingerprint density at radius 1 is 1.31 bits per heavy atom. The molecule has 3 heteroatoms. The van der Waals surface area contributed by atoms with Gasteiger partial charge in [-0.2, -0.15) is 0 Å². The predicted molar refractivity (Wildman–Crippen MR) is 50.3 cm³/mol. The van der Waals surface area contributed by atoms with E-state index in [-0.39, 0.29) is 11.8 Å². The first kappa shape index (κ1) is 12.1. The normalized spacial score (nSPS) is 12.2. The van der Waals surface area contributed by atoms with Crippen LogP contribution in [0.15, 0.2) is 0 Å². The van der Waals surface area contributed by atoms with E-state index < -0.39 is 5.92 Å².